The summed E-state index contributed by atoms with van der Waals surface area (Å²) in [6, 6.07) is 16.9. The summed E-state index contributed by atoms with van der Waals surface area (Å²) in [5.41, 5.74) is 2.61. The van der Waals surface area contributed by atoms with Crippen molar-refractivity contribution in [3.05, 3.63) is 63.2 Å². The van der Waals surface area contributed by atoms with Crippen molar-refractivity contribution in [3.8, 4) is 5.75 Å². The highest BCUT2D eigenvalue weighted by atomic mass is 127. The largest absolute Gasteiger partial charge is 0.484 e. The minimum absolute atomic E-state index is 0.208. The minimum atomic E-state index is 0.208. The van der Waals surface area contributed by atoms with Crippen LogP contribution in [0.3, 0.4) is 0 Å². The molecule has 1 nitrogen and oxygen atoms in total. The summed E-state index contributed by atoms with van der Waals surface area (Å²) in [6.45, 7) is 0. The van der Waals surface area contributed by atoms with E-state index in [4.69, 9.17) is 4.74 Å². The Labute approximate surface area is 115 Å². The lowest BCUT2D eigenvalue weighted by Gasteiger charge is -2.27. The van der Waals surface area contributed by atoms with Gasteiger partial charge < -0.3 is 4.74 Å². The monoisotopic (exact) mass is 336 g/mol. The average Bonchev–Trinajstić information content (AvgIpc) is 2.40. The second-order valence-electron chi connectivity index (χ2n) is 4.28. The quantitative estimate of drug-likeness (QED) is 0.703. The molecule has 1 aliphatic heterocycles. The maximum atomic E-state index is 6.14. The summed E-state index contributed by atoms with van der Waals surface area (Å²) in [5, 5.41) is 0. The van der Waals surface area contributed by atoms with Crippen molar-refractivity contribution in [1.29, 1.82) is 0 Å². The van der Waals surface area contributed by atoms with E-state index in [2.05, 4.69) is 65.1 Å². The number of hydrogen-bond acceptors (Lipinski definition) is 1. The van der Waals surface area contributed by atoms with E-state index in [9.17, 15) is 0 Å². The molecule has 86 valence electrons. The van der Waals surface area contributed by atoms with Gasteiger partial charge in [-0.1, -0.05) is 42.5 Å². The lowest BCUT2D eigenvalue weighted by atomic mass is 9.98. The van der Waals surface area contributed by atoms with Crippen LogP contribution in [0.1, 0.15) is 23.7 Å². The molecule has 2 aromatic rings. The number of para-hydroxylation sites is 1. The summed E-state index contributed by atoms with van der Waals surface area (Å²) < 4.78 is 7.35. The molecular formula is C15H13IO. The van der Waals surface area contributed by atoms with Gasteiger partial charge in [-0.15, -0.1) is 0 Å². The fourth-order valence-corrected chi connectivity index (χ4v) is 2.95. The van der Waals surface area contributed by atoms with Gasteiger partial charge in [0.05, 0.1) is 3.57 Å². The zero-order valence-electron chi connectivity index (χ0n) is 9.40. The number of benzene rings is 2. The molecular weight excluding hydrogens is 323 g/mol. The van der Waals surface area contributed by atoms with Crippen molar-refractivity contribution in [2.75, 3.05) is 0 Å². The van der Waals surface area contributed by atoms with E-state index in [1.165, 1.54) is 14.7 Å². The molecule has 0 saturated carbocycles. The third-order valence-corrected chi connectivity index (χ3v) is 4.01. The van der Waals surface area contributed by atoms with Gasteiger partial charge in [0.15, 0.2) is 0 Å². The van der Waals surface area contributed by atoms with Crippen molar-refractivity contribution >= 4 is 22.6 Å². The van der Waals surface area contributed by atoms with Gasteiger partial charge in [-0.3, -0.25) is 0 Å². The van der Waals surface area contributed by atoms with E-state index in [1.807, 2.05) is 6.07 Å². The van der Waals surface area contributed by atoms with E-state index >= 15 is 0 Å². The van der Waals surface area contributed by atoms with E-state index < -0.39 is 0 Å². The van der Waals surface area contributed by atoms with Crippen molar-refractivity contribution in [2.24, 2.45) is 0 Å². The summed E-state index contributed by atoms with van der Waals surface area (Å²) in [4.78, 5) is 0. The minimum Gasteiger partial charge on any atom is -0.484 e. The molecule has 1 heterocycles. The van der Waals surface area contributed by atoms with Gasteiger partial charge in [0.2, 0.25) is 0 Å². The first-order valence-corrected chi connectivity index (χ1v) is 6.91. The molecule has 0 aromatic heterocycles. The molecule has 0 fully saturated rings. The normalized spacial score (nSPS) is 18.3. The van der Waals surface area contributed by atoms with Crippen LogP contribution in [0.15, 0.2) is 48.5 Å². The number of ether oxygens (including phenoxy) is 1. The summed E-state index contributed by atoms with van der Waals surface area (Å²) in [6.07, 6.45) is 2.38. The Kier molecular flexibility index (Phi) is 3.05. The zero-order chi connectivity index (χ0) is 11.7. The van der Waals surface area contributed by atoms with Crippen LogP contribution in [0.4, 0.5) is 0 Å². The molecule has 0 unspecified atom stereocenters. The van der Waals surface area contributed by atoms with Crippen LogP contribution >= 0.6 is 22.6 Å². The fraction of sp³-hybridized carbons (Fsp3) is 0.200. The van der Waals surface area contributed by atoms with E-state index in [0.717, 1.165) is 18.6 Å². The summed E-state index contributed by atoms with van der Waals surface area (Å²) >= 11 is 2.35. The molecule has 3 rings (SSSR count). The lowest BCUT2D eigenvalue weighted by molar-refractivity contribution is 0.175. The molecule has 0 N–H and O–H groups in total. The molecule has 1 atom stereocenters. The Morgan fingerprint density at radius 1 is 1.00 bits per heavy atom. The molecule has 2 heteroatoms. The Balaban J connectivity index is 1.93. The number of halogens is 1. The Bertz CT molecular complexity index is 522. The first kappa shape index (κ1) is 11.1. The van der Waals surface area contributed by atoms with Gasteiger partial charge in [-0.25, -0.2) is 0 Å². The Hall–Kier alpha value is -1.03. The highest BCUT2D eigenvalue weighted by Crippen LogP contribution is 2.37. The molecule has 0 amide bonds. The van der Waals surface area contributed by atoms with Gasteiger partial charge in [0.25, 0.3) is 0 Å². The second kappa shape index (κ2) is 4.69. The molecule has 0 bridgehead atoms. The molecule has 0 radical (unpaired) electrons. The van der Waals surface area contributed by atoms with Crippen LogP contribution in [0, 0.1) is 3.57 Å². The topological polar surface area (TPSA) is 9.23 Å². The molecule has 0 saturated heterocycles. The smallest absolute Gasteiger partial charge is 0.136 e. The zero-order valence-corrected chi connectivity index (χ0v) is 11.6. The standard InChI is InChI=1S/C15H13IO/c16-13-8-4-7-12-9-10-14(17-15(12)13)11-5-2-1-3-6-11/h1-8,14H,9-10H2/t14-/m1/s1. The average molecular weight is 336 g/mol. The predicted molar refractivity (Wildman–Crippen MR) is 77.3 cm³/mol. The predicted octanol–water partition coefficient (Wildman–Crippen LogP) is 4.36. The molecule has 17 heavy (non-hydrogen) atoms. The van der Waals surface area contributed by atoms with Gasteiger partial charge in [0.1, 0.15) is 11.9 Å². The third kappa shape index (κ3) is 2.18. The molecule has 2 aromatic carbocycles. The molecule has 0 aliphatic carbocycles. The number of hydrogen-bond donors (Lipinski definition) is 0. The van der Waals surface area contributed by atoms with Crippen LogP contribution in [-0.2, 0) is 6.42 Å². The maximum Gasteiger partial charge on any atom is 0.136 e. The first-order valence-electron chi connectivity index (χ1n) is 5.83. The van der Waals surface area contributed by atoms with E-state index in [-0.39, 0.29) is 6.10 Å². The number of aryl methyl sites for hydroxylation is 1. The number of fused-ring (bicyclic) bond motifs is 1. The van der Waals surface area contributed by atoms with E-state index in [1.54, 1.807) is 0 Å². The van der Waals surface area contributed by atoms with Crippen LogP contribution in [-0.4, -0.2) is 0 Å². The fourth-order valence-electron chi connectivity index (χ4n) is 2.27. The van der Waals surface area contributed by atoms with Crippen molar-refractivity contribution < 1.29 is 4.74 Å². The van der Waals surface area contributed by atoms with Gasteiger partial charge >= 0.3 is 0 Å². The Morgan fingerprint density at radius 3 is 2.65 bits per heavy atom. The number of rotatable bonds is 1. The molecule has 1 aliphatic rings. The second-order valence-corrected chi connectivity index (χ2v) is 5.45. The molecule has 0 spiro atoms. The Morgan fingerprint density at radius 2 is 1.82 bits per heavy atom. The van der Waals surface area contributed by atoms with Crippen LogP contribution in [0.5, 0.6) is 5.75 Å². The maximum absolute atomic E-state index is 6.14. The lowest BCUT2D eigenvalue weighted by Crippen LogP contribution is -2.15. The van der Waals surface area contributed by atoms with Gasteiger partial charge in [0, 0.05) is 0 Å². The van der Waals surface area contributed by atoms with Gasteiger partial charge in [-0.2, -0.15) is 0 Å². The van der Waals surface area contributed by atoms with Crippen molar-refractivity contribution in [1.82, 2.24) is 0 Å². The summed E-state index contributed by atoms with van der Waals surface area (Å²) in [5.74, 6) is 1.08. The van der Waals surface area contributed by atoms with Crippen molar-refractivity contribution in [2.45, 2.75) is 18.9 Å². The third-order valence-electron chi connectivity index (χ3n) is 3.16. The summed E-state index contributed by atoms with van der Waals surface area (Å²) in [7, 11) is 0. The SMILES string of the molecule is Ic1cccc2c1O[C@@H](c1ccccc1)CC2. The van der Waals surface area contributed by atoms with Crippen molar-refractivity contribution in [3.63, 3.8) is 0 Å². The van der Waals surface area contributed by atoms with Crippen LogP contribution in [0.2, 0.25) is 0 Å². The van der Waals surface area contributed by atoms with Crippen LogP contribution < -0.4 is 4.74 Å². The first-order chi connectivity index (χ1) is 8.34. The van der Waals surface area contributed by atoms with Gasteiger partial charge in [-0.05, 0) is 52.6 Å². The van der Waals surface area contributed by atoms with E-state index in [0.29, 0.717) is 0 Å². The highest BCUT2D eigenvalue weighted by molar-refractivity contribution is 14.1. The highest BCUT2D eigenvalue weighted by Gasteiger charge is 2.22. The van der Waals surface area contributed by atoms with Crippen LogP contribution in [0.25, 0.3) is 0 Å².